The third-order valence-corrected chi connectivity index (χ3v) is 10.4. The van der Waals surface area contributed by atoms with Gasteiger partial charge in [-0.05, 0) is 0 Å². The second-order valence-corrected chi connectivity index (χ2v) is 12.7. The van der Waals surface area contributed by atoms with Crippen LogP contribution in [0, 0.1) is 5.41 Å². The minimum absolute atomic E-state index is 0.244. The van der Waals surface area contributed by atoms with E-state index >= 15 is 0 Å². The summed E-state index contributed by atoms with van der Waals surface area (Å²) in [7, 11) is 3.01. The van der Waals surface area contributed by atoms with Crippen LogP contribution in [-0.2, 0) is 22.9 Å². The number of rotatable bonds is 2. The summed E-state index contributed by atoms with van der Waals surface area (Å²) in [6.45, 7) is 9.35. The van der Waals surface area contributed by atoms with Crippen molar-refractivity contribution in [2.75, 3.05) is 0 Å². The molecule has 0 nitrogen and oxygen atoms in total. The molecular formula is C7H17HfP. The Bertz CT molecular complexity index is 75.5. The van der Waals surface area contributed by atoms with Gasteiger partial charge in [0.1, 0.15) is 0 Å². The standard InChI is InChI=1S/C5H12P.C2H5.Hf/c1-5(2,3)4-6;1-2;/h4H,6H2,1-3H3;1H2,2H3;. The normalized spacial score (nSPS) is 15.2. The topological polar surface area (TPSA) is 0 Å². The summed E-state index contributed by atoms with van der Waals surface area (Å²) in [5.41, 5.74) is 0.559. The van der Waals surface area contributed by atoms with E-state index in [0.717, 1.165) is 3.42 Å². The molecule has 0 aliphatic carbocycles. The van der Waals surface area contributed by atoms with Gasteiger partial charge in [0.15, 0.2) is 0 Å². The van der Waals surface area contributed by atoms with Gasteiger partial charge >= 0.3 is 72.8 Å². The molecule has 0 aromatic carbocycles. The SMILES string of the molecule is C[CH2][Hf][CH](P)C(C)(C)C. The first-order chi connectivity index (χ1) is 3.98. The van der Waals surface area contributed by atoms with Crippen LogP contribution < -0.4 is 0 Å². The quantitative estimate of drug-likeness (QED) is 0.543. The van der Waals surface area contributed by atoms with Crippen molar-refractivity contribution in [1.29, 1.82) is 0 Å². The van der Waals surface area contributed by atoms with Gasteiger partial charge in [0.2, 0.25) is 0 Å². The zero-order valence-electron chi connectivity index (χ0n) is 6.86. The van der Waals surface area contributed by atoms with Crippen molar-refractivity contribution >= 4 is 9.24 Å². The Kier molecular flexibility index (Phi) is 4.85. The van der Waals surface area contributed by atoms with Crippen molar-refractivity contribution in [3.63, 3.8) is 0 Å². The van der Waals surface area contributed by atoms with Crippen LogP contribution in [0.15, 0.2) is 0 Å². The van der Waals surface area contributed by atoms with E-state index in [1.807, 2.05) is 0 Å². The van der Waals surface area contributed by atoms with Crippen LogP contribution in [0.5, 0.6) is 0 Å². The van der Waals surface area contributed by atoms with E-state index in [1.54, 1.807) is 0 Å². The average molecular weight is 311 g/mol. The predicted octanol–water partition coefficient (Wildman–Crippen LogP) is 2.75. The van der Waals surface area contributed by atoms with Gasteiger partial charge in [-0.25, -0.2) is 0 Å². The van der Waals surface area contributed by atoms with Gasteiger partial charge in [-0.3, -0.25) is 0 Å². The Morgan fingerprint density at radius 3 is 2.00 bits per heavy atom. The van der Waals surface area contributed by atoms with Crippen molar-refractivity contribution in [2.24, 2.45) is 5.41 Å². The molecule has 0 aromatic heterocycles. The van der Waals surface area contributed by atoms with E-state index in [9.17, 15) is 0 Å². The molecule has 0 aliphatic rings. The monoisotopic (exact) mass is 312 g/mol. The van der Waals surface area contributed by atoms with Gasteiger partial charge < -0.3 is 0 Å². The summed E-state index contributed by atoms with van der Waals surface area (Å²) < 4.78 is 2.47. The summed E-state index contributed by atoms with van der Waals surface area (Å²) in [6, 6.07) is 0. The Morgan fingerprint density at radius 2 is 1.89 bits per heavy atom. The molecule has 0 N–H and O–H groups in total. The summed E-state index contributed by atoms with van der Waals surface area (Å²) in [4.78, 5) is 0. The minimum atomic E-state index is -0.244. The molecule has 0 aliphatic heterocycles. The molecule has 2 unspecified atom stereocenters. The van der Waals surface area contributed by atoms with Gasteiger partial charge in [-0.1, -0.05) is 0 Å². The third kappa shape index (κ3) is 4.67. The Balaban J connectivity index is 3.59. The van der Waals surface area contributed by atoms with Crippen molar-refractivity contribution in [1.82, 2.24) is 0 Å². The summed E-state index contributed by atoms with van der Waals surface area (Å²) in [6.07, 6.45) is 0. The van der Waals surface area contributed by atoms with Gasteiger partial charge in [-0.15, -0.1) is 0 Å². The van der Waals surface area contributed by atoms with Crippen LogP contribution in [0.4, 0.5) is 0 Å². The fraction of sp³-hybridized carbons (Fsp3) is 1.00. The maximum absolute atomic E-state index is 3.01. The molecule has 0 fully saturated rings. The first-order valence-corrected chi connectivity index (χ1v) is 8.75. The van der Waals surface area contributed by atoms with Crippen molar-refractivity contribution in [2.45, 2.75) is 35.3 Å². The van der Waals surface area contributed by atoms with Gasteiger partial charge in [0.05, 0.1) is 0 Å². The molecule has 0 heterocycles. The summed E-state index contributed by atoms with van der Waals surface area (Å²) >= 11 is -0.244. The zero-order valence-corrected chi connectivity index (χ0v) is 11.6. The zero-order chi connectivity index (χ0) is 7.49. The molecule has 0 spiro atoms. The van der Waals surface area contributed by atoms with Crippen LogP contribution in [0.3, 0.4) is 0 Å². The van der Waals surface area contributed by atoms with Crippen LogP contribution in [0.25, 0.3) is 0 Å². The van der Waals surface area contributed by atoms with Crippen LogP contribution >= 0.6 is 9.24 Å². The molecule has 0 amide bonds. The maximum atomic E-state index is 3.01. The molecule has 0 saturated heterocycles. The first-order valence-electron chi connectivity index (χ1n) is 3.47. The molecule has 0 saturated carbocycles. The Labute approximate surface area is 72.7 Å². The van der Waals surface area contributed by atoms with E-state index in [0.29, 0.717) is 5.41 Å². The molecule has 0 rings (SSSR count). The van der Waals surface area contributed by atoms with E-state index < -0.39 is 0 Å². The van der Waals surface area contributed by atoms with E-state index in [1.165, 1.54) is 4.18 Å². The van der Waals surface area contributed by atoms with Crippen LogP contribution in [-0.4, -0.2) is 3.42 Å². The third-order valence-electron chi connectivity index (χ3n) is 1.36. The second-order valence-electron chi connectivity index (χ2n) is 3.40. The summed E-state index contributed by atoms with van der Waals surface area (Å²) in [5.74, 6) is 0. The molecule has 0 radical (unpaired) electrons. The predicted molar refractivity (Wildman–Crippen MR) is 43.4 cm³/mol. The molecule has 2 heteroatoms. The van der Waals surface area contributed by atoms with E-state index in [2.05, 4.69) is 36.9 Å². The summed E-state index contributed by atoms with van der Waals surface area (Å²) in [5, 5.41) is 0. The van der Waals surface area contributed by atoms with Gasteiger partial charge in [-0.2, -0.15) is 0 Å². The van der Waals surface area contributed by atoms with E-state index in [4.69, 9.17) is 0 Å². The van der Waals surface area contributed by atoms with Gasteiger partial charge in [0.25, 0.3) is 0 Å². The Hall–Kier alpha value is 1.30. The second kappa shape index (κ2) is 4.23. The number of hydrogen-bond donors (Lipinski definition) is 0. The van der Waals surface area contributed by atoms with Crippen LogP contribution in [0.1, 0.15) is 27.7 Å². The van der Waals surface area contributed by atoms with Crippen LogP contribution in [0.2, 0.25) is 4.18 Å². The van der Waals surface area contributed by atoms with Crippen molar-refractivity contribution in [3.05, 3.63) is 0 Å². The molecule has 2 atom stereocenters. The average Bonchev–Trinajstić information content (AvgIpc) is 1.64. The molecule has 0 aromatic rings. The molecular weight excluding hydrogens is 294 g/mol. The van der Waals surface area contributed by atoms with E-state index in [-0.39, 0.29) is 22.9 Å². The Morgan fingerprint density at radius 1 is 1.44 bits per heavy atom. The fourth-order valence-corrected chi connectivity index (χ4v) is 6.24. The molecule has 0 bridgehead atoms. The van der Waals surface area contributed by atoms with Crippen molar-refractivity contribution in [3.8, 4) is 0 Å². The fourth-order valence-electron chi connectivity index (χ4n) is 0.526. The first kappa shape index (κ1) is 10.3. The van der Waals surface area contributed by atoms with Gasteiger partial charge in [0, 0.05) is 0 Å². The van der Waals surface area contributed by atoms with Crippen molar-refractivity contribution < 1.29 is 22.9 Å². The molecule has 54 valence electrons. The number of hydrogen-bond acceptors (Lipinski definition) is 0. The molecule has 9 heavy (non-hydrogen) atoms.